The molecule has 0 radical (unpaired) electrons. The number of rotatable bonds is 6. The Morgan fingerprint density at radius 2 is 0.717 bits per heavy atom. The van der Waals surface area contributed by atoms with Crippen LogP contribution in [0.15, 0.2) is 36.4 Å². The highest BCUT2D eigenvalue weighted by atomic mass is 31.1. The summed E-state index contributed by atoms with van der Waals surface area (Å²) in [5.74, 6) is 0. The molecule has 0 unspecified atom stereocenters. The number of hydrogen-bond donors (Lipinski definition) is 2. The van der Waals surface area contributed by atoms with Crippen molar-refractivity contribution in [1.82, 2.24) is 0 Å². The molecular weight excluding hydrogens is 594 g/mol. The molecule has 4 aliphatic carbocycles. The van der Waals surface area contributed by atoms with Crippen molar-refractivity contribution in [3.8, 4) is 0 Å². The summed E-state index contributed by atoms with van der Waals surface area (Å²) in [7, 11) is 0.0615. The van der Waals surface area contributed by atoms with E-state index in [2.05, 4.69) is 47.0 Å². The number of aryl methyl sites for hydroxylation is 2. The quantitative estimate of drug-likeness (QED) is 0.302. The topological polar surface area (TPSA) is 24.1 Å². The number of fused-ring (bicyclic) bond motifs is 2. The predicted octanol–water partition coefficient (Wildman–Crippen LogP) is 11.6. The third-order valence-corrected chi connectivity index (χ3v) is 19.6. The zero-order valence-electron chi connectivity index (χ0n) is 29.1. The van der Waals surface area contributed by atoms with Crippen LogP contribution in [0.5, 0.6) is 0 Å². The minimum atomic E-state index is 0.0307. The molecule has 0 bridgehead atoms. The van der Waals surface area contributed by atoms with Gasteiger partial charge >= 0.3 is 0 Å². The standard InChI is InChI=1S/2C21H32NP/c2*1-3-11-18(12-4-1)23(19-13-5-2-6-14-19)20-15-7-9-17-10-8-16-22-21(17)20/h2*7,9,15,18-19,22H,1-6,8,10-14,16H2. The van der Waals surface area contributed by atoms with Crippen LogP contribution in [0.4, 0.5) is 11.4 Å². The zero-order valence-corrected chi connectivity index (χ0v) is 30.8. The Balaban J connectivity index is 0.000000147. The summed E-state index contributed by atoms with van der Waals surface area (Å²) in [6.07, 6.45) is 35.0. The average Bonchev–Trinajstić information content (AvgIpc) is 3.14. The van der Waals surface area contributed by atoms with E-state index >= 15 is 0 Å². The first-order valence-corrected chi connectivity index (χ1v) is 23.1. The van der Waals surface area contributed by atoms with Crippen molar-refractivity contribution in [2.75, 3.05) is 23.7 Å². The molecule has 0 atom stereocenters. The molecule has 0 saturated heterocycles. The van der Waals surface area contributed by atoms with E-state index in [1.807, 2.05) is 0 Å². The highest BCUT2D eigenvalue weighted by Gasteiger charge is 2.35. The Morgan fingerprint density at radius 1 is 0.391 bits per heavy atom. The lowest BCUT2D eigenvalue weighted by atomic mass is 9.99. The maximum atomic E-state index is 3.81. The van der Waals surface area contributed by atoms with E-state index in [9.17, 15) is 0 Å². The third-order valence-electron chi connectivity index (χ3n) is 12.5. The molecule has 2 aliphatic heterocycles. The average molecular weight is 659 g/mol. The molecule has 2 nitrogen and oxygen atoms in total. The first kappa shape index (κ1) is 33.4. The Labute approximate surface area is 285 Å². The van der Waals surface area contributed by atoms with E-state index in [1.54, 1.807) is 33.1 Å². The number of hydrogen-bond acceptors (Lipinski definition) is 2. The van der Waals surface area contributed by atoms with Gasteiger partial charge in [-0.2, -0.15) is 0 Å². The van der Waals surface area contributed by atoms with E-state index in [0.717, 1.165) is 22.6 Å². The van der Waals surface area contributed by atoms with Crippen LogP contribution >= 0.6 is 15.8 Å². The maximum Gasteiger partial charge on any atom is 0.0451 e. The summed E-state index contributed by atoms with van der Waals surface area (Å²) in [5.41, 5.74) is 10.4. The Morgan fingerprint density at radius 3 is 1.04 bits per heavy atom. The van der Waals surface area contributed by atoms with Crippen molar-refractivity contribution in [3.05, 3.63) is 47.5 Å². The van der Waals surface area contributed by atoms with Crippen molar-refractivity contribution < 1.29 is 0 Å². The van der Waals surface area contributed by atoms with Gasteiger partial charge < -0.3 is 10.6 Å². The first-order chi connectivity index (χ1) is 22.9. The summed E-state index contributed by atoms with van der Waals surface area (Å²) in [5, 5.41) is 11.1. The van der Waals surface area contributed by atoms with Gasteiger partial charge in [0.05, 0.1) is 0 Å². The van der Waals surface area contributed by atoms with Crippen LogP contribution in [-0.4, -0.2) is 35.7 Å². The Kier molecular flexibility index (Phi) is 12.4. The largest absolute Gasteiger partial charge is 0.384 e. The van der Waals surface area contributed by atoms with E-state index < -0.39 is 0 Å². The number of anilines is 2. The number of para-hydroxylation sites is 2. The summed E-state index contributed by atoms with van der Waals surface area (Å²) < 4.78 is 0. The summed E-state index contributed by atoms with van der Waals surface area (Å²) in [6, 6.07) is 14.5. The van der Waals surface area contributed by atoms with Crippen molar-refractivity contribution in [3.63, 3.8) is 0 Å². The molecule has 252 valence electrons. The van der Waals surface area contributed by atoms with Gasteiger partial charge in [-0.25, -0.2) is 0 Å². The van der Waals surface area contributed by atoms with Gasteiger partial charge in [0.1, 0.15) is 0 Å². The zero-order chi connectivity index (χ0) is 31.0. The van der Waals surface area contributed by atoms with Gasteiger partial charge in [-0.15, -0.1) is 0 Å². The number of benzene rings is 2. The molecule has 4 fully saturated rings. The van der Waals surface area contributed by atoms with Crippen LogP contribution in [0.1, 0.15) is 152 Å². The monoisotopic (exact) mass is 658 g/mol. The molecule has 0 amide bonds. The fourth-order valence-electron chi connectivity index (χ4n) is 10.2. The maximum absolute atomic E-state index is 3.81. The fraction of sp³-hybridized carbons (Fsp3) is 0.714. The minimum absolute atomic E-state index is 0.0307. The van der Waals surface area contributed by atoms with Crippen molar-refractivity contribution in [2.24, 2.45) is 0 Å². The van der Waals surface area contributed by atoms with Crippen LogP contribution < -0.4 is 21.2 Å². The second-order valence-electron chi connectivity index (χ2n) is 15.7. The summed E-state index contributed by atoms with van der Waals surface area (Å²) >= 11 is 0. The van der Waals surface area contributed by atoms with E-state index in [0.29, 0.717) is 0 Å². The predicted molar refractivity (Wildman–Crippen MR) is 207 cm³/mol. The lowest BCUT2D eigenvalue weighted by molar-refractivity contribution is 0.487. The lowest BCUT2D eigenvalue weighted by Crippen LogP contribution is -2.29. The summed E-state index contributed by atoms with van der Waals surface area (Å²) in [6.45, 7) is 2.37. The second kappa shape index (κ2) is 17.0. The minimum Gasteiger partial charge on any atom is -0.384 e. The van der Waals surface area contributed by atoms with Crippen LogP contribution in [-0.2, 0) is 12.8 Å². The van der Waals surface area contributed by atoms with Crippen molar-refractivity contribution >= 4 is 37.8 Å². The van der Waals surface area contributed by atoms with Gasteiger partial charge in [-0.05, 0) is 121 Å². The third kappa shape index (κ3) is 8.02. The van der Waals surface area contributed by atoms with Gasteiger partial charge in [0.25, 0.3) is 0 Å². The Hall–Kier alpha value is -1.10. The molecule has 0 aromatic heterocycles. The normalized spacial score (nSPS) is 23.5. The second-order valence-corrected chi connectivity index (χ2v) is 21.2. The van der Waals surface area contributed by atoms with Crippen LogP contribution in [0.3, 0.4) is 0 Å². The van der Waals surface area contributed by atoms with Crippen molar-refractivity contribution in [2.45, 2.75) is 177 Å². The lowest BCUT2D eigenvalue weighted by Gasteiger charge is -2.40. The molecule has 4 saturated carbocycles. The van der Waals surface area contributed by atoms with Gasteiger partial charge in [0.15, 0.2) is 0 Å². The molecule has 46 heavy (non-hydrogen) atoms. The van der Waals surface area contributed by atoms with Gasteiger partial charge in [0.2, 0.25) is 0 Å². The summed E-state index contributed by atoms with van der Waals surface area (Å²) in [4.78, 5) is 0. The molecule has 8 rings (SSSR count). The van der Waals surface area contributed by atoms with Crippen molar-refractivity contribution in [1.29, 1.82) is 0 Å². The highest BCUT2D eigenvalue weighted by molar-refractivity contribution is 7.67. The van der Waals surface area contributed by atoms with Gasteiger partial charge in [0, 0.05) is 24.5 Å². The number of nitrogens with one attached hydrogen (secondary N) is 2. The molecule has 4 heteroatoms. The SMILES string of the molecule is c1cc2c(c(P(C3CCCCC3)C3CCCCC3)c1)NCCC2.c1cc2c(c(P(C3CCCCC3)C3CCCCC3)c1)NCCC2. The Bertz CT molecular complexity index is 1090. The molecule has 0 spiro atoms. The molecule has 6 aliphatic rings. The molecule has 2 N–H and O–H groups in total. The van der Waals surface area contributed by atoms with Crippen LogP contribution in [0.25, 0.3) is 0 Å². The highest BCUT2D eigenvalue weighted by Crippen LogP contribution is 2.57. The van der Waals surface area contributed by atoms with E-state index in [-0.39, 0.29) is 15.8 Å². The van der Waals surface area contributed by atoms with Gasteiger partial charge in [-0.3, -0.25) is 0 Å². The smallest absolute Gasteiger partial charge is 0.0451 e. The van der Waals surface area contributed by atoms with E-state index in [4.69, 9.17) is 0 Å². The molecule has 2 aromatic carbocycles. The van der Waals surface area contributed by atoms with Crippen LogP contribution in [0, 0.1) is 0 Å². The van der Waals surface area contributed by atoms with E-state index in [1.165, 1.54) is 167 Å². The molecular formula is C42H64N2P2. The van der Waals surface area contributed by atoms with Gasteiger partial charge in [-0.1, -0.05) is 129 Å². The molecule has 2 aromatic rings. The van der Waals surface area contributed by atoms with Crippen LogP contribution in [0.2, 0.25) is 0 Å². The fourth-order valence-corrected chi connectivity index (χ4v) is 18.2. The first-order valence-electron chi connectivity index (χ1n) is 20.1. The molecule has 2 heterocycles.